The molecule has 1 amide bonds. The number of unbranched alkanes of at least 4 members (excludes halogenated alkanes) is 6. The van der Waals surface area contributed by atoms with Gasteiger partial charge >= 0.3 is 6.18 Å². The van der Waals surface area contributed by atoms with Crippen LogP contribution in [0.2, 0.25) is 0 Å². The van der Waals surface area contributed by atoms with Gasteiger partial charge in [0.2, 0.25) is 5.91 Å². The van der Waals surface area contributed by atoms with E-state index >= 15 is 0 Å². The average Bonchev–Trinajstić information content (AvgIpc) is 2.99. The Morgan fingerprint density at radius 2 is 1.66 bits per heavy atom. The maximum atomic E-state index is 14.5. The molecular weight excluding hydrogens is 413 g/mol. The SMILES string of the molecule is CCCCCCCCCc1ccc2ccccc2c1C(N1CC(C)(C)C(=O)N1)C(F)(F)F. The standard InChI is InChI=1S/C26H35F3N2O/c1-4-5-6-7-8-9-10-14-20-17-16-19-13-11-12-15-21(19)22(20)23(26(27,28)29)31-18-25(2,3)24(32)30-31/h11-13,15-17,23H,4-10,14,18H2,1-3H3,(H,30,32). The molecule has 1 atom stereocenters. The minimum absolute atomic E-state index is 0.0100. The highest BCUT2D eigenvalue weighted by Crippen LogP contribution is 2.44. The normalized spacial score (nSPS) is 17.6. The Bertz CT molecular complexity index is 923. The van der Waals surface area contributed by atoms with Crippen molar-refractivity contribution in [1.82, 2.24) is 10.4 Å². The lowest BCUT2D eigenvalue weighted by Gasteiger charge is -2.32. The molecule has 1 N–H and O–H groups in total. The van der Waals surface area contributed by atoms with E-state index in [4.69, 9.17) is 0 Å². The van der Waals surface area contributed by atoms with E-state index in [-0.39, 0.29) is 18.0 Å². The average molecular weight is 449 g/mol. The lowest BCUT2D eigenvalue weighted by molar-refractivity contribution is -0.191. The third-order valence-corrected chi connectivity index (χ3v) is 6.43. The molecule has 3 rings (SSSR count). The van der Waals surface area contributed by atoms with Gasteiger partial charge in [0.15, 0.2) is 6.04 Å². The summed E-state index contributed by atoms with van der Waals surface area (Å²) in [5.74, 6) is -0.374. The van der Waals surface area contributed by atoms with Gasteiger partial charge in [-0.1, -0.05) is 81.8 Å². The number of benzene rings is 2. The zero-order valence-electron chi connectivity index (χ0n) is 19.4. The highest BCUT2D eigenvalue weighted by Gasteiger charge is 2.52. The van der Waals surface area contributed by atoms with E-state index < -0.39 is 17.6 Å². The molecule has 0 aliphatic carbocycles. The number of rotatable bonds is 10. The van der Waals surface area contributed by atoms with Crippen LogP contribution in [-0.2, 0) is 11.2 Å². The van der Waals surface area contributed by atoms with Gasteiger partial charge in [-0.15, -0.1) is 0 Å². The van der Waals surface area contributed by atoms with Crippen LogP contribution in [0.4, 0.5) is 13.2 Å². The van der Waals surface area contributed by atoms with Crippen molar-refractivity contribution in [3.8, 4) is 0 Å². The Labute approximate surface area is 189 Å². The minimum atomic E-state index is -4.52. The molecule has 32 heavy (non-hydrogen) atoms. The maximum absolute atomic E-state index is 14.5. The number of nitrogens with one attached hydrogen (secondary N) is 1. The first-order chi connectivity index (χ1) is 15.1. The molecule has 2 aromatic carbocycles. The van der Waals surface area contributed by atoms with Crippen LogP contribution in [0.5, 0.6) is 0 Å². The van der Waals surface area contributed by atoms with E-state index in [2.05, 4.69) is 12.3 Å². The molecule has 1 fully saturated rings. The van der Waals surface area contributed by atoms with Crippen molar-refractivity contribution >= 4 is 16.7 Å². The van der Waals surface area contributed by atoms with Gasteiger partial charge in [-0.3, -0.25) is 10.2 Å². The number of alkyl halides is 3. The second-order valence-electron chi connectivity index (χ2n) is 9.63. The predicted octanol–water partition coefficient (Wildman–Crippen LogP) is 7.11. The van der Waals surface area contributed by atoms with Crippen LogP contribution in [-0.4, -0.2) is 23.6 Å². The van der Waals surface area contributed by atoms with Gasteiger partial charge in [0.05, 0.1) is 5.41 Å². The molecule has 2 aromatic rings. The molecule has 6 heteroatoms. The lowest BCUT2D eigenvalue weighted by atomic mass is 9.89. The van der Waals surface area contributed by atoms with Crippen molar-refractivity contribution in [3.63, 3.8) is 0 Å². The van der Waals surface area contributed by atoms with Crippen molar-refractivity contribution in [2.45, 2.75) is 84.4 Å². The van der Waals surface area contributed by atoms with Gasteiger partial charge in [0.25, 0.3) is 0 Å². The number of halogens is 3. The fourth-order valence-electron chi connectivity index (χ4n) is 4.63. The van der Waals surface area contributed by atoms with Crippen LogP contribution in [0.25, 0.3) is 10.8 Å². The Morgan fingerprint density at radius 3 is 2.28 bits per heavy atom. The number of carbonyl (C=O) groups excluding carboxylic acids is 1. The first kappa shape index (κ1) is 24.6. The molecule has 1 heterocycles. The van der Waals surface area contributed by atoms with Gasteiger partial charge in [-0.25, -0.2) is 5.01 Å². The maximum Gasteiger partial charge on any atom is 0.409 e. The van der Waals surface area contributed by atoms with E-state index in [9.17, 15) is 18.0 Å². The summed E-state index contributed by atoms with van der Waals surface area (Å²) in [4.78, 5) is 12.3. The van der Waals surface area contributed by atoms with Crippen molar-refractivity contribution in [3.05, 3.63) is 47.5 Å². The Hall–Kier alpha value is -2.08. The summed E-state index contributed by atoms with van der Waals surface area (Å²) in [6.45, 7) is 5.55. The molecule has 0 bridgehead atoms. The predicted molar refractivity (Wildman–Crippen MR) is 123 cm³/mol. The van der Waals surface area contributed by atoms with Crippen molar-refractivity contribution in [1.29, 1.82) is 0 Å². The highest BCUT2D eigenvalue weighted by molar-refractivity contribution is 5.88. The molecule has 1 saturated heterocycles. The van der Waals surface area contributed by atoms with Crippen LogP contribution in [0.3, 0.4) is 0 Å². The van der Waals surface area contributed by atoms with E-state index in [1.807, 2.05) is 24.3 Å². The van der Waals surface area contributed by atoms with E-state index in [0.29, 0.717) is 11.8 Å². The van der Waals surface area contributed by atoms with Gasteiger partial charge in [0.1, 0.15) is 0 Å². The van der Waals surface area contributed by atoms with E-state index in [0.717, 1.165) is 35.2 Å². The van der Waals surface area contributed by atoms with Gasteiger partial charge in [0, 0.05) is 6.54 Å². The minimum Gasteiger partial charge on any atom is -0.287 e. The van der Waals surface area contributed by atoms with E-state index in [1.165, 1.54) is 25.7 Å². The second kappa shape index (κ2) is 10.2. The number of hydrazine groups is 1. The summed E-state index contributed by atoms with van der Waals surface area (Å²) < 4.78 is 43.5. The van der Waals surface area contributed by atoms with Gasteiger partial charge in [-0.05, 0) is 48.6 Å². The number of fused-ring (bicyclic) bond motifs is 1. The third-order valence-electron chi connectivity index (χ3n) is 6.43. The molecule has 1 unspecified atom stereocenters. The topological polar surface area (TPSA) is 32.3 Å². The Balaban J connectivity index is 1.92. The Kier molecular flexibility index (Phi) is 7.86. The Morgan fingerprint density at radius 1 is 1.00 bits per heavy atom. The number of nitrogens with zero attached hydrogens (tertiary/aromatic N) is 1. The summed E-state index contributed by atoms with van der Waals surface area (Å²) in [7, 11) is 0. The zero-order valence-corrected chi connectivity index (χ0v) is 19.4. The van der Waals surface area contributed by atoms with Crippen LogP contribution < -0.4 is 5.43 Å². The molecule has 176 valence electrons. The zero-order chi connectivity index (χ0) is 23.4. The number of amides is 1. The van der Waals surface area contributed by atoms with Crippen LogP contribution in [0.1, 0.15) is 82.9 Å². The number of hydrogen-bond donors (Lipinski definition) is 1. The van der Waals surface area contributed by atoms with Crippen molar-refractivity contribution < 1.29 is 18.0 Å². The molecule has 0 spiro atoms. The molecule has 1 aliphatic rings. The smallest absolute Gasteiger partial charge is 0.287 e. The quantitative estimate of drug-likeness (QED) is 0.393. The van der Waals surface area contributed by atoms with Gasteiger partial charge in [-0.2, -0.15) is 13.2 Å². The fraction of sp³-hybridized carbons (Fsp3) is 0.577. The summed E-state index contributed by atoms with van der Waals surface area (Å²) >= 11 is 0. The number of aryl methyl sites for hydroxylation is 1. The summed E-state index contributed by atoms with van der Waals surface area (Å²) in [5.41, 5.74) is 2.64. The van der Waals surface area contributed by atoms with Crippen molar-refractivity contribution in [2.24, 2.45) is 5.41 Å². The summed E-state index contributed by atoms with van der Waals surface area (Å²) in [6, 6.07) is 9.11. The first-order valence-electron chi connectivity index (χ1n) is 11.8. The van der Waals surface area contributed by atoms with Gasteiger partial charge < -0.3 is 0 Å². The van der Waals surface area contributed by atoms with Crippen molar-refractivity contribution in [2.75, 3.05) is 6.54 Å². The molecule has 0 aromatic heterocycles. The largest absolute Gasteiger partial charge is 0.409 e. The fourth-order valence-corrected chi connectivity index (χ4v) is 4.63. The lowest BCUT2D eigenvalue weighted by Crippen LogP contribution is -2.44. The molecule has 0 saturated carbocycles. The third kappa shape index (κ3) is 5.64. The second-order valence-corrected chi connectivity index (χ2v) is 9.63. The number of hydrogen-bond acceptors (Lipinski definition) is 2. The monoisotopic (exact) mass is 448 g/mol. The first-order valence-corrected chi connectivity index (χ1v) is 11.8. The van der Waals surface area contributed by atoms with Crippen LogP contribution in [0, 0.1) is 5.41 Å². The molecular formula is C26H35F3N2O. The molecule has 3 nitrogen and oxygen atoms in total. The molecule has 0 radical (unpaired) electrons. The van der Waals surface area contributed by atoms with Crippen LogP contribution >= 0.6 is 0 Å². The number of carbonyl (C=O) groups is 1. The highest BCUT2D eigenvalue weighted by atomic mass is 19.4. The summed E-state index contributed by atoms with van der Waals surface area (Å²) in [5, 5.41) is 2.48. The van der Waals surface area contributed by atoms with E-state index in [1.54, 1.807) is 26.0 Å². The summed E-state index contributed by atoms with van der Waals surface area (Å²) in [6.07, 6.45) is 3.90. The molecule has 1 aliphatic heterocycles. The van der Waals surface area contributed by atoms with Crippen LogP contribution in [0.15, 0.2) is 36.4 Å².